The highest BCUT2D eigenvalue weighted by Crippen LogP contribution is 2.25. The van der Waals surface area contributed by atoms with Crippen LogP contribution >= 0.6 is 11.3 Å². The van der Waals surface area contributed by atoms with Gasteiger partial charge in [0.15, 0.2) is 0 Å². The number of para-hydroxylation sites is 2. The third kappa shape index (κ3) is 3.01. The van der Waals surface area contributed by atoms with Gasteiger partial charge in [0.2, 0.25) is 0 Å². The van der Waals surface area contributed by atoms with E-state index in [0.717, 1.165) is 5.52 Å². The highest BCUT2D eigenvalue weighted by atomic mass is 32.1. The Morgan fingerprint density at radius 3 is 2.80 bits per heavy atom. The number of carbonyl (C=O) groups excluding carboxylic acids is 1. The summed E-state index contributed by atoms with van der Waals surface area (Å²) in [7, 11) is 0. The average molecular weight is 349 g/mol. The van der Waals surface area contributed by atoms with Crippen LogP contribution in [0.25, 0.3) is 11.0 Å². The maximum absolute atomic E-state index is 12.6. The van der Waals surface area contributed by atoms with E-state index < -0.39 is 0 Å². The lowest BCUT2D eigenvalue weighted by atomic mass is 10.3. The molecule has 0 radical (unpaired) electrons. The molecule has 3 aromatic heterocycles. The first kappa shape index (κ1) is 15.5. The second-order valence-corrected chi connectivity index (χ2v) is 6.53. The first-order chi connectivity index (χ1) is 12.2. The van der Waals surface area contributed by atoms with E-state index in [-0.39, 0.29) is 17.6 Å². The maximum Gasteiger partial charge on any atom is 0.277 e. The summed E-state index contributed by atoms with van der Waals surface area (Å²) in [6.07, 6.45) is 3.16. The van der Waals surface area contributed by atoms with Crippen LogP contribution < -0.4 is 5.32 Å². The second kappa shape index (κ2) is 6.45. The SMILES string of the molecule is CC(c1cccs1)n1nccc1NC(=O)c1cnc2ccccc2n1. The van der Waals surface area contributed by atoms with Gasteiger partial charge in [0.05, 0.1) is 29.5 Å². The molecule has 1 amide bonds. The van der Waals surface area contributed by atoms with Crippen LogP contribution in [0.5, 0.6) is 0 Å². The normalized spacial score (nSPS) is 12.2. The van der Waals surface area contributed by atoms with Crippen LogP contribution in [0, 0.1) is 0 Å². The van der Waals surface area contributed by atoms with Gasteiger partial charge in [0.1, 0.15) is 11.5 Å². The summed E-state index contributed by atoms with van der Waals surface area (Å²) >= 11 is 1.66. The molecule has 0 bridgehead atoms. The van der Waals surface area contributed by atoms with E-state index in [9.17, 15) is 4.79 Å². The molecular formula is C18H15N5OS. The summed E-state index contributed by atoms with van der Waals surface area (Å²) in [5.74, 6) is 0.319. The van der Waals surface area contributed by atoms with Gasteiger partial charge in [-0.15, -0.1) is 11.3 Å². The predicted octanol–water partition coefficient (Wildman–Crippen LogP) is 3.75. The van der Waals surface area contributed by atoms with E-state index in [4.69, 9.17) is 0 Å². The van der Waals surface area contributed by atoms with E-state index >= 15 is 0 Å². The number of amides is 1. The monoisotopic (exact) mass is 349 g/mol. The van der Waals surface area contributed by atoms with Crippen molar-refractivity contribution in [1.29, 1.82) is 0 Å². The molecule has 0 spiro atoms. The van der Waals surface area contributed by atoms with Gasteiger partial charge in [-0.05, 0) is 30.5 Å². The first-order valence-electron chi connectivity index (χ1n) is 7.82. The number of nitrogens with one attached hydrogen (secondary N) is 1. The molecule has 4 rings (SSSR count). The van der Waals surface area contributed by atoms with Crippen molar-refractivity contribution < 1.29 is 4.79 Å². The molecule has 6 nitrogen and oxygen atoms in total. The number of anilines is 1. The Balaban J connectivity index is 1.59. The van der Waals surface area contributed by atoms with Crippen molar-refractivity contribution in [2.24, 2.45) is 0 Å². The zero-order valence-electron chi connectivity index (χ0n) is 13.5. The van der Waals surface area contributed by atoms with E-state index in [2.05, 4.69) is 26.4 Å². The Labute approximate surface area is 148 Å². The smallest absolute Gasteiger partial charge is 0.277 e. The van der Waals surface area contributed by atoms with Crippen molar-refractivity contribution in [2.75, 3.05) is 5.32 Å². The van der Waals surface area contributed by atoms with Crippen molar-refractivity contribution in [3.8, 4) is 0 Å². The molecule has 1 atom stereocenters. The highest BCUT2D eigenvalue weighted by molar-refractivity contribution is 7.10. The summed E-state index contributed by atoms with van der Waals surface area (Å²) in [5, 5.41) is 9.25. The standard InChI is InChI=1S/C18H15N5OS/c1-12(16-7-4-10-25-16)23-17(8-9-20-23)22-18(24)15-11-19-13-5-2-3-6-14(13)21-15/h2-12H,1H3,(H,22,24). The van der Waals surface area contributed by atoms with E-state index in [0.29, 0.717) is 11.3 Å². The molecule has 0 saturated heterocycles. The fourth-order valence-electron chi connectivity index (χ4n) is 2.62. The molecule has 3 heterocycles. The lowest BCUT2D eigenvalue weighted by molar-refractivity contribution is 0.102. The number of aromatic nitrogens is 4. The molecule has 0 aliphatic rings. The van der Waals surface area contributed by atoms with Crippen molar-refractivity contribution in [3.63, 3.8) is 0 Å². The number of fused-ring (bicyclic) bond motifs is 1. The Morgan fingerprint density at radius 2 is 2.00 bits per heavy atom. The molecule has 1 N–H and O–H groups in total. The van der Waals surface area contributed by atoms with Gasteiger partial charge < -0.3 is 5.32 Å². The predicted molar refractivity (Wildman–Crippen MR) is 97.9 cm³/mol. The summed E-state index contributed by atoms with van der Waals surface area (Å²) in [6, 6.07) is 13.3. The lowest BCUT2D eigenvalue weighted by Gasteiger charge is -2.14. The second-order valence-electron chi connectivity index (χ2n) is 5.55. The Hall–Kier alpha value is -3.06. The number of hydrogen-bond donors (Lipinski definition) is 1. The van der Waals surface area contributed by atoms with Crippen LogP contribution in [0.15, 0.2) is 60.2 Å². The van der Waals surface area contributed by atoms with Gasteiger partial charge in [-0.2, -0.15) is 5.10 Å². The number of carbonyl (C=O) groups is 1. The van der Waals surface area contributed by atoms with Gasteiger partial charge in [0.25, 0.3) is 5.91 Å². The molecule has 4 aromatic rings. The zero-order chi connectivity index (χ0) is 17.2. The molecule has 0 saturated carbocycles. The molecule has 1 unspecified atom stereocenters. The zero-order valence-corrected chi connectivity index (χ0v) is 14.3. The van der Waals surface area contributed by atoms with Crippen molar-refractivity contribution >= 4 is 34.1 Å². The maximum atomic E-state index is 12.6. The summed E-state index contributed by atoms with van der Waals surface area (Å²) in [6.45, 7) is 2.05. The van der Waals surface area contributed by atoms with Gasteiger partial charge in [0, 0.05) is 10.9 Å². The molecule has 7 heteroatoms. The summed E-state index contributed by atoms with van der Waals surface area (Å²) in [5.41, 5.74) is 1.72. The summed E-state index contributed by atoms with van der Waals surface area (Å²) in [4.78, 5) is 22.4. The largest absolute Gasteiger partial charge is 0.305 e. The highest BCUT2D eigenvalue weighted by Gasteiger charge is 2.16. The van der Waals surface area contributed by atoms with Crippen molar-refractivity contribution in [1.82, 2.24) is 19.7 Å². The fourth-order valence-corrected chi connectivity index (χ4v) is 3.39. The molecule has 124 valence electrons. The van der Waals surface area contributed by atoms with Gasteiger partial charge in [-0.1, -0.05) is 18.2 Å². The van der Waals surface area contributed by atoms with Crippen LogP contribution in [0.3, 0.4) is 0 Å². The number of thiophene rings is 1. The van der Waals surface area contributed by atoms with Crippen LogP contribution in [0.1, 0.15) is 28.3 Å². The van der Waals surface area contributed by atoms with Crippen LogP contribution in [0.4, 0.5) is 5.82 Å². The van der Waals surface area contributed by atoms with E-state index in [1.165, 1.54) is 11.1 Å². The van der Waals surface area contributed by atoms with E-state index in [1.54, 1.807) is 28.3 Å². The van der Waals surface area contributed by atoms with Gasteiger partial charge in [-0.3, -0.25) is 9.78 Å². The molecule has 25 heavy (non-hydrogen) atoms. The quantitative estimate of drug-likeness (QED) is 0.609. The minimum Gasteiger partial charge on any atom is -0.305 e. The van der Waals surface area contributed by atoms with Crippen molar-refractivity contribution in [3.05, 3.63) is 70.8 Å². The fraction of sp³-hybridized carbons (Fsp3) is 0.111. The topological polar surface area (TPSA) is 72.7 Å². The lowest BCUT2D eigenvalue weighted by Crippen LogP contribution is -2.19. The molecule has 0 fully saturated rings. The van der Waals surface area contributed by atoms with Gasteiger partial charge in [-0.25, -0.2) is 9.67 Å². The minimum atomic E-state index is -0.307. The molecule has 0 aliphatic heterocycles. The Bertz CT molecular complexity index is 1020. The Morgan fingerprint density at radius 1 is 1.16 bits per heavy atom. The van der Waals surface area contributed by atoms with Crippen LogP contribution in [-0.4, -0.2) is 25.7 Å². The van der Waals surface area contributed by atoms with Crippen molar-refractivity contribution in [2.45, 2.75) is 13.0 Å². The number of nitrogens with zero attached hydrogens (tertiary/aromatic N) is 4. The summed E-state index contributed by atoms with van der Waals surface area (Å²) < 4.78 is 1.79. The number of hydrogen-bond acceptors (Lipinski definition) is 5. The first-order valence-corrected chi connectivity index (χ1v) is 8.70. The number of benzene rings is 1. The number of rotatable bonds is 4. The van der Waals surface area contributed by atoms with E-state index in [1.807, 2.05) is 42.6 Å². The molecule has 1 aromatic carbocycles. The average Bonchev–Trinajstić information content (AvgIpc) is 3.32. The van der Waals surface area contributed by atoms with Crippen LogP contribution in [0.2, 0.25) is 0 Å². The molecular weight excluding hydrogens is 334 g/mol. The molecule has 0 aliphatic carbocycles. The van der Waals surface area contributed by atoms with Crippen LogP contribution in [-0.2, 0) is 0 Å². The third-order valence-electron chi connectivity index (χ3n) is 3.91. The Kier molecular flexibility index (Phi) is 3.99. The third-order valence-corrected chi connectivity index (χ3v) is 4.96. The van der Waals surface area contributed by atoms with Gasteiger partial charge >= 0.3 is 0 Å². The minimum absolute atomic E-state index is 0.0352.